The summed E-state index contributed by atoms with van der Waals surface area (Å²) in [4.78, 5) is 13.5. The molecule has 0 aliphatic carbocycles. The monoisotopic (exact) mass is 296 g/mol. The molecule has 0 aromatic heterocycles. The van der Waals surface area contributed by atoms with Gasteiger partial charge in [-0.1, -0.05) is 36.4 Å². The van der Waals surface area contributed by atoms with E-state index in [0.29, 0.717) is 13.0 Å². The summed E-state index contributed by atoms with van der Waals surface area (Å²) in [6, 6.07) is 14.0. The summed E-state index contributed by atoms with van der Waals surface area (Å²) in [7, 11) is 0. The fourth-order valence-corrected chi connectivity index (χ4v) is 2.55. The van der Waals surface area contributed by atoms with Crippen molar-refractivity contribution in [3.05, 3.63) is 65.5 Å². The van der Waals surface area contributed by atoms with Crippen molar-refractivity contribution < 1.29 is 9.18 Å². The van der Waals surface area contributed by atoms with Crippen LogP contribution in [-0.4, -0.2) is 18.5 Å². The highest BCUT2D eigenvalue weighted by Crippen LogP contribution is 2.22. The molecule has 0 spiro atoms. The van der Waals surface area contributed by atoms with E-state index in [1.807, 2.05) is 42.5 Å². The van der Waals surface area contributed by atoms with Crippen molar-refractivity contribution >= 4 is 23.7 Å². The first kappa shape index (κ1) is 14.5. The van der Waals surface area contributed by atoms with Crippen molar-refractivity contribution in [3.8, 4) is 0 Å². The van der Waals surface area contributed by atoms with Crippen LogP contribution in [0.25, 0.3) is 12.2 Å². The Morgan fingerprint density at radius 3 is 2.45 bits per heavy atom. The second kappa shape index (κ2) is 6.12. The minimum absolute atomic E-state index is 0.0653. The number of hydrogen-bond acceptors (Lipinski definition) is 2. The summed E-state index contributed by atoms with van der Waals surface area (Å²) in [5.74, 6) is -0.183. The van der Waals surface area contributed by atoms with Crippen LogP contribution in [0, 0.1) is 5.82 Å². The maximum Gasteiger partial charge on any atom is 0.228 e. The molecule has 3 nitrogen and oxygen atoms in total. The average Bonchev–Trinajstić information content (AvgIpc) is 2.84. The molecule has 2 N–H and O–H groups in total. The number of halogens is 1. The van der Waals surface area contributed by atoms with Gasteiger partial charge in [0.15, 0.2) is 0 Å². The molecule has 0 bridgehead atoms. The van der Waals surface area contributed by atoms with Gasteiger partial charge in [0.05, 0.1) is 0 Å². The van der Waals surface area contributed by atoms with Crippen molar-refractivity contribution in [2.24, 2.45) is 5.73 Å². The third-order valence-corrected chi connectivity index (χ3v) is 3.68. The molecule has 112 valence electrons. The van der Waals surface area contributed by atoms with Gasteiger partial charge in [0.25, 0.3) is 0 Å². The van der Waals surface area contributed by atoms with Gasteiger partial charge in [0.2, 0.25) is 5.91 Å². The van der Waals surface area contributed by atoms with Crippen molar-refractivity contribution in [1.82, 2.24) is 0 Å². The van der Waals surface area contributed by atoms with E-state index < -0.39 is 0 Å². The van der Waals surface area contributed by atoms with Gasteiger partial charge in [-0.2, -0.15) is 0 Å². The van der Waals surface area contributed by atoms with Crippen molar-refractivity contribution in [2.75, 3.05) is 11.4 Å². The van der Waals surface area contributed by atoms with Gasteiger partial charge in [0.1, 0.15) is 5.82 Å². The Morgan fingerprint density at radius 1 is 1.09 bits per heavy atom. The molecule has 1 aliphatic heterocycles. The van der Waals surface area contributed by atoms with E-state index in [1.54, 1.807) is 11.0 Å². The molecular weight excluding hydrogens is 279 g/mol. The fraction of sp³-hybridized carbons (Fsp3) is 0.167. The van der Waals surface area contributed by atoms with Crippen LogP contribution < -0.4 is 10.6 Å². The van der Waals surface area contributed by atoms with Gasteiger partial charge in [-0.15, -0.1) is 0 Å². The molecule has 1 saturated heterocycles. The summed E-state index contributed by atoms with van der Waals surface area (Å²) in [6.45, 7) is 0.567. The number of nitrogens with two attached hydrogens (primary N) is 1. The zero-order valence-electron chi connectivity index (χ0n) is 12.1. The molecule has 1 unspecified atom stereocenters. The van der Waals surface area contributed by atoms with Crippen LogP contribution >= 0.6 is 0 Å². The maximum atomic E-state index is 13.1. The van der Waals surface area contributed by atoms with E-state index in [-0.39, 0.29) is 17.8 Å². The number of rotatable bonds is 3. The average molecular weight is 296 g/mol. The smallest absolute Gasteiger partial charge is 0.228 e. The first-order chi connectivity index (χ1) is 10.6. The second-order valence-electron chi connectivity index (χ2n) is 5.45. The summed E-state index contributed by atoms with van der Waals surface area (Å²) in [5.41, 5.74) is 8.46. The highest BCUT2D eigenvalue weighted by molar-refractivity contribution is 5.96. The van der Waals surface area contributed by atoms with Gasteiger partial charge in [-0.25, -0.2) is 4.39 Å². The summed E-state index contributed by atoms with van der Waals surface area (Å²) in [5, 5.41) is 0. The van der Waals surface area contributed by atoms with Gasteiger partial charge in [0, 0.05) is 24.7 Å². The lowest BCUT2D eigenvalue weighted by Crippen LogP contribution is -2.27. The molecule has 1 fully saturated rings. The minimum atomic E-state index is -0.249. The summed E-state index contributed by atoms with van der Waals surface area (Å²) >= 11 is 0. The predicted octanol–water partition coefficient (Wildman–Crippen LogP) is 3.06. The quantitative estimate of drug-likeness (QED) is 0.885. The van der Waals surface area contributed by atoms with Crippen LogP contribution in [0.1, 0.15) is 17.5 Å². The second-order valence-corrected chi connectivity index (χ2v) is 5.45. The van der Waals surface area contributed by atoms with Gasteiger partial charge in [-0.05, 0) is 35.4 Å². The van der Waals surface area contributed by atoms with Gasteiger partial charge in [-0.3, -0.25) is 4.79 Å². The molecule has 1 atom stereocenters. The third kappa shape index (κ3) is 3.23. The molecule has 0 saturated carbocycles. The SMILES string of the molecule is NC1CC(=O)N(c2ccc(/C=C/c3cccc(F)c3)cc2)C1. The first-order valence-corrected chi connectivity index (χ1v) is 7.21. The summed E-state index contributed by atoms with van der Waals surface area (Å²) < 4.78 is 13.1. The largest absolute Gasteiger partial charge is 0.326 e. The minimum Gasteiger partial charge on any atom is -0.326 e. The zero-order valence-corrected chi connectivity index (χ0v) is 12.1. The number of carbonyl (C=O) groups is 1. The van der Waals surface area contributed by atoms with Crippen LogP contribution in [0.3, 0.4) is 0 Å². The molecule has 2 aromatic rings. The first-order valence-electron chi connectivity index (χ1n) is 7.21. The van der Waals surface area contributed by atoms with Gasteiger partial charge >= 0.3 is 0 Å². The van der Waals surface area contributed by atoms with Crippen LogP contribution in [-0.2, 0) is 4.79 Å². The van der Waals surface area contributed by atoms with E-state index in [0.717, 1.165) is 16.8 Å². The molecule has 1 heterocycles. The molecule has 3 rings (SSSR count). The Balaban J connectivity index is 1.73. The van der Waals surface area contributed by atoms with Crippen molar-refractivity contribution in [2.45, 2.75) is 12.5 Å². The number of nitrogens with zero attached hydrogens (tertiary/aromatic N) is 1. The van der Waals surface area contributed by atoms with Crippen LogP contribution in [0.4, 0.5) is 10.1 Å². The van der Waals surface area contributed by atoms with Crippen molar-refractivity contribution in [3.63, 3.8) is 0 Å². The van der Waals surface area contributed by atoms with E-state index in [9.17, 15) is 9.18 Å². The Hall–Kier alpha value is -2.46. The Kier molecular flexibility index (Phi) is 4.02. The Labute approximate surface area is 128 Å². The van der Waals surface area contributed by atoms with E-state index >= 15 is 0 Å². The van der Waals surface area contributed by atoms with Crippen LogP contribution in [0.5, 0.6) is 0 Å². The lowest BCUT2D eigenvalue weighted by atomic mass is 10.1. The van der Waals surface area contributed by atoms with E-state index in [4.69, 9.17) is 5.73 Å². The number of benzene rings is 2. The van der Waals surface area contributed by atoms with Crippen molar-refractivity contribution in [1.29, 1.82) is 0 Å². The zero-order chi connectivity index (χ0) is 15.5. The molecule has 0 radical (unpaired) electrons. The molecular formula is C18H17FN2O. The Morgan fingerprint density at radius 2 is 1.82 bits per heavy atom. The molecule has 1 aliphatic rings. The number of carbonyl (C=O) groups excluding carboxylic acids is 1. The number of anilines is 1. The Bertz CT molecular complexity index is 709. The maximum absolute atomic E-state index is 13.1. The molecule has 2 aromatic carbocycles. The van der Waals surface area contributed by atoms with Crippen LogP contribution in [0.2, 0.25) is 0 Å². The lowest BCUT2D eigenvalue weighted by molar-refractivity contribution is -0.117. The van der Waals surface area contributed by atoms with Crippen LogP contribution in [0.15, 0.2) is 48.5 Å². The normalized spacial score (nSPS) is 18.4. The van der Waals surface area contributed by atoms with Gasteiger partial charge < -0.3 is 10.6 Å². The third-order valence-electron chi connectivity index (χ3n) is 3.68. The van der Waals surface area contributed by atoms with E-state index in [1.165, 1.54) is 12.1 Å². The predicted molar refractivity (Wildman–Crippen MR) is 86.7 cm³/mol. The number of hydrogen-bond donors (Lipinski definition) is 1. The lowest BCUT2D eigenvalue weighted by Gasteiger charge is -2.16. The molecule has 22 heavy (non-hydrogen) atoms. The summed E-state index contributed by atoms with van der Waals surface area (Å²) in [6.07, 6.45) is 4.17. The molecule has 4 heteroatoms. The standard InChI is InChI=1S/C18H17FN2O/c19-15-3-1-2-14(10-15)5-4-13-6-8-17(9-7-13)21-12-16(20)11-18(21)22/h1-10,16H,11-12,20H2/b5-4+. The fourth-order valence-electron chi connectivity index (χ4n) is 2.55. The molecule has 1 amide bonds. The highest BCUT2D eigenvalue weighted by atomic mass is 19.1. The topological polar surface area (TPSA) is 46.3 Å². The van der Waals surface area contributed by atoms with E-state index in [2.05, 4.69) is 0 Å². The number of amides is 1. The highest BCUT2D eigenvalue weighted by Gasteiger charge is 2.27.